The van der Waals surface area contributed by atoms with E-state index in [4.69, 9.17) is 24.3 Å². The van der Waals surface area contributed by atoms with E-state index in [1.807, 2.05) is 20.8 Å². The predicted molar refractivity (Wildman–Crippen MR) is 128 cm³/mol. The minimum Gasteiger partial charge on any atom is -0.476 e. The summed E-state index contributed by atoms with van der Waals surface area (Å²) < 4.78 is 53.1. The standard InChI is InChI=1S/C20H30FN6O6PS/c1-6-30-15-12-14(25-18(22)26-15)27(10-23-12)16-20(5,21)13-11(32-16)9-31-34(29,33-13)24-7-8-35-17(28)19(2,3)4/h10-11,13,16H,6-9H2,1-5H3,(H,24,29)(H2,22,25,26)/t11-,13-,16-,20-,34-/m1/s1. The zero-order valence-corrected chi connectivity index (χ0v) is 21.9. The van der Waals surface area contributed by atoms with Gasteiger partial charge in [-0.05, 0) is 13.8 Å². The number of nitrogens with one attached hydrogen (secondary N) is 1. The summed E-state index contributed by atoms with van der Waals surface area (Å²) in [6.45, 7) is 8.93. The molecule has 194 valence electrons. The van der Waals surface area contributed by atoms with Crippen molar-refractivity contribution in [2.45, 2.75) is 58.7 Å². The number of nitrogen functional groups attached to an aromatic ring is 1. The molecule has 0 aliphatic carbocycles. The number of hydrogen-bond acceptors (Lipinski definition) is 11. The summed E-state index contributed by atoms with van der Waals surface area (Å²) in [4.78, 5) is 24.5. The number of halogens is 1. The number of aromatic nitrogens is 4. The van der Waals surface area contributed by atoms with Gasteiger partial charge in [-0.1, -0.05) is 32.5 Å². The molecule has 2 saturated heterocycles. The Morgan fingerprint density at radius 3 is 2.89 bits per heavy atom. The minimum atomic E-state index is -3.83. The van der Waals surface area contributed by atoms with Crippen LogP contribution in [0.3, 0.4) is 0 Å². The van der Waals surface area contributed by atoms with Gasteiger partial charge in [0.15, 0.2) is 28.2 Å². The lowest BCUT2D eigenvalue weighted by Crippen LogP contribution is -2.46. The maximum Gasteiger partial charge on any atom is 0.406 e. The number of nitrogens with zero attached hydrogens (tertiary/aromatic N) is 4. The summed E-state index contributed by atoms with van der Waals surface area (Å²) in [5, 5.41) is 2.72. The molecule has 0 saturated carbocycles. The highest BCUT2D eigenvalue weighted by atomic mass is 32.2. The Bertz CT molecular complexity index is 1160. The van der Waals surface area contributed by atoms with Gasteiger partial charge in [0.1, 0.15) is 12.2 Å². The van der Waals surface area contributed by atoms with Crippen molar-refractivity contribution in [2.24, 2.45) is 5.41 Å². The first kappa shape index (κ1) is 26.2. The van der Waals surface area contributed by atoms with Gasteiger partial charge in [0.25, 0.3) is 0 Å². The molecule has 5 atom stereocenters. The van der Waals surface area contributed by atoms with Crippen LogP contribution in [0.25, 0.3) is 11.2 Å². The Kier molecular flexibility index (Phi) is 7.17. The zero-order chi connectivity index (χ0) is 25.6. The molecule has 15 heteroatoms. The fourth-order valence-electron chi connectivity index (χ4n) is 3.80. The number of rotatable bonds is 7. The van der Waals surface area contributed by atoms with E-state index in [-0.39, 0.29) is 35.7 Å². The summed E-state index contributed by atoms with van der Waals surface area (Å²) in [7, 11) is -3.83. The molecule has 35 heavy (non-hydrogen) atoms. The summed E-state index contributed by atoms with van der Waals surface area (Å²) in [6, 6.07) is 0. The van der Waals surface area contributed by atoms with Crippen LogP contribution >= 0.6 is 19.5 Å². The molecular formula is C20H30FN6O6PS. The molecule has 12 nitrogen and oxygen atoms in total. The first-order valence-electron chi connectivity index (χ1n) is 11.2. The smallest absolute Gasteiger partial charge is 0.406 e. The molecule has 0 aromatic carbocycles. The first-order valence-corrected chi connectivity index (χ1v) is 13.7. The van der Waals surface area contributed by atoms with E-state index in [2.05, 4.69) is 20.0 Å². The van der Waals surface area contributed by atoms with Crippen LogP contribution in [0.15, 0.2) is 6.33 Å². The molecule has 2 fully saturated rings. The number of anilines is 1. The van der Waals surface area contributed by atoms with Crippen LogP contribution in [0.5, 0.6) is 5.88 Å². The van der Waals surface area contributed by atoms with Crippen molar-refractivity contribution in [2.75, 3.05) is 31.2 Å². The largest absolute Gasteiger partial charge is 0.476 e. The summed E-state index contributed by atoms with van der Waals surface area (Å²) in [6.07, 6.45) is -1.85. The van der Waals surface area contributed by atoms with E-state index in [0.717, 1.165) is 11.8 Å². The lowest BCUT2D eigenvalue weighted by molar-refractivity contribution is -0.117. The maximum atomic E-state index is 16.2. The molecule has 2 aromatic rings. The van der Waals surface area contributed by atoms with Crippen molar-refractivity contribution in [1.82, 2.24) is 24.6 Å². The van der Waals surface area contributed by atoms with Crippen LogP contribution < -0.4 is 15.6 Å². The zero-order valence-electron chi connectivity index (χ0n) is 20.2. The summed E-state index contributed by atoms with van der Waals surface area (Å²) in [5.74, 6) is 0.479. The number of alkyl halides is 1. The van der Waals surface area contributed by atoms with Gasteiger partial charge < -0.3 is 15.2 Å². The monoisotopic (exact) mass is 532 g/mol. The minimum absolute atomic E-state index is 0.0102. The second-order valence-electron chi connectivity index (χ2n) is 9.44. The van der Waals surface area contributed by atoms with Crippen LogP contribution in [-0.4, -0.2) is 68.0 Å². The quantitative estimate of drug-likeness (QED) is 0.398. The predicted octanol–water partition coefficient (Wildman–Crippen LogP) is 2.85. The van der Waals surface area contributed by atoms with Gasteiger partial charge in [-0.3, -0.25) is 18.4 Å². The lowest BCUT2D eigenvalue weighted by Gasteiger charge is -2.34. The van der Waals surface area contributed by atoms with Crippen molar-refractivity contribution in [3.63, 3.8) is 0 Å². The molecule has 4 rings (SSSR count). The molecule has 0 unspecified atom stereocenters. The Morgan fingerprint density at radius 1 is 1.46 bits per heavy atom. The van der Waals surface area contributed by atoms with E-state index in [9.17, 15) is 9.36 Å². The van der Waals surface area contributed by atoms with E-state index in [1.54, 1.807) is 6.92 Å². The molecule has 0 spiro atoms. The van der Waals surface area contributed by atoms with Gasteiger partial charge in [-0.2, -0.15) is 9.97 Å². The van der Waals surface area contributed by atoms with E-state index < -0.39 is 37.3 Å². The second-order valence-corrected chi connectivity index (χ2v) is 12.3. The molecule has 0 bridgehead atoms. The Balaban J connectivity index is 1.49. The van der Waals surface area contributed by atoms with Gasteiger partial charge in [0, 0.05) is 17.7 Å². The highest BCUT2D eigenvalue weighted by Gasteiger charge is 2.61. The number of thioether (sulfide) groups is 1. The van der Waals surface area contributed by atoms with Gasteiger partial charge in [-0.15, -0.1) is 0 Å². The van der Waals surface area contributed by atoms with E-state index >= 15 is 4.39 Å². The van der Waals surface area contributed by atoms with Gasteiger partial charge in [0.2, 0.25) is 11.8 Å². The average Bonchev–Trinajstić information content (AvgIpc) is 3.28. The summed E-state index contributed by atoms with van der Waals surface area (Å²) in [5.41, 5.74) is 3.75. The van der Waals surface area contributed by atoms with Gasteiger partial charge in [-0.25, -0.2) is 19.0 Å². The van der Waals surface area contributed by atoms with Gasteiger partial charge in [0.05, 0.1) is 19.5 Å². The van der Waals surface area contributed by atoms with Crippen molar-refractivity contribution < 1.29 is 32.3 Å². The van der Waals surface area contributed by atoms with Crippen molar-refractivity contribution in [1.29, 1.82) is 0 Å². The molecule has 4 heterocycles. The third-order valence-electron chi connectivity index (χ3n) is 5.54. The molecule has 2 aromatic heterocycles. The third-order valence-corrected chi connectivity index (χ3v) is 8.42. The normalized spacial score (nSPS) is 31.0. The first-order chi connectivity index (χ1) is 16.4. The molecule has 0 amide bonds. The number of nitrogens with two attached hydrogens (primary N) is 1. The van der Waals surface area contributed by atoms with E-state index in [0.29, 0.717) is 17.9 Å². The average molecular weight is 533 g/mol. The number of hydrogen-bond donors (Lipinski definition) is 2. The third kappa shape index (κ3) is 5.18. The number of carbonyl (C=O) groups is 1. The molecule has 3 N–H and O–H groups in total. The topological polar surface area (TPSA) is 153 Å². The number of imidazole rings is 1. The van der Waals surface area contributed by atoms with E-state index in [1.165, 1.54) is 17.8 Å². The number of fused-ring (bicyclic) bond motifs is 2. The van der Waals surface area contributed by atoms with Crippen LogP contribution in [-0.2, 0) is 23.1 Å². The molecule has 2 aliphatic heterocycles. The van der Waals surface area contributed by atoms with Crippen molar-refractivity contribution in [3.05, 3.63) is 6.33 Å². The fourth-order valence-corrected chi connectivity index (χ4v) is 6.37. The number of carbonyl (C=O) groups excluding carboxylic acids is 1. The van der Waals surface area contributed by atoms with Crippen molar-refractivity contribution >= 4 is 41.7 Å². The second kappa shape index (κ2) is 9.56. The Morgan fingerprint density at radius 2 is 2.20 bits per heavy atom. The van der Waals surface area contributed by atoms with Crippen molar-refractivity contribution in [3.8, 4) is 5.88 Å². The Labute approximate surface area is 206 Å². The maximum absolute atomic E-state index is 16.2. The fraction of sp³-hybridized carbons (Fsp3) is 0.700. The van der Waals surface area contributed by atoms with Crippen LogP contribution in [0, 0.1) is 5.41 Å². The van der Waals surface area contributed by atoms with Crippen LogP contribution in [0.2, 0.25) is 0 Å². The Hall–Kier alpha value is -1.83. The number of ether oxygens (including phenoxy) is 2. The highest BCUT2D eigenvalue weighted by molar-refractivity contribution is 8.13. The molecular weight excluding hydrogens is 502 g/mol. The summed E-state index contributed by atoms with van der Waals surface area (Å²) >= 11 is 1.12. The lowest BCUT2D eigenvalue weighted by atomic mass is 9.98. The molecule has 0 radical (unpaired) electrons. The van der Waals surface area contributed by atoms with Crippen LogP contribution in [0.4, 0.5) is 10.3 Å². The molecule has 2 aliphatic rings. The highest BCUT2D eigenvalue weighted by Crippen LogP contribution is 2.56. The van der Waals surface area contributed by atoms with Gasteiger partial charge >= 0.3 is 7.75 Å². The SMILES string of the molecule is CCOc1nc(N)nc2c1ncn2[C@@H]1O[C@@H]2CO[P@](=O)(NCCSC(=O)C(C)(C)C)O[C@H]2[C@@]1(C)F. The van der Waals surface area contributed by atoms with Crippen LogP contribution in [0.1, 0.15) is 40.8 Å².